The Bertz CT molecular complexity index is 569. The van der Waals surface area contributed by atoms with Gasteiger partial charge in [0, 0.05) is 23.2 Å². The van der Waals surface area contributed by atoms with Gasteiger partial charge in [0.25, 0.3) is 0 Å². The Kier molecular flexibility index (Phi) is 2.42. The van der Waals surface area contributed by atoms with E-state index in [1.54, 1.807) is 0 Å². The lowest BCUT2D eigenvalue weighted by Gasteiger charge is -2.28. The highest BCUT2D eigenvalue weighted by molar-refractivity contribution is 5.85. The number of hydrogen-bond donors (Lipinski definition) is 2. The summed E-state index contributed by atoms with van der Waals surface area (Å²) < 4.78 is 5.86. The maximum atomic E-state index is 5.86. The minimum Gasteiger partial charge on any atom is -0.376 e. The third-order valence-corrected chi connectivity index (χ3v) is 4.23. The summed E-state index contributed by atoms with van der Waals surface area (Å²) >= 11 is 0. The largest absolute Gasteiger partial charge is 0.376 e. The average Bonchev–Trinajstić information content (AvgIpc) is 3.05. The Hall–Kier alpha value is -1.32. The number of nitrogens with one attached hydrogen (secondary N) is 2. The fourth-order valence-electron chi connectivity index (χ4n) is 3.39. The molecular weight excluding hydrogens is 224 g/mol. The summed E-state index contributed by atoms with van der Waals surface area (Å²) in [5.74, 6) is 0. The Morgan fingerprint density at radius 3 is 3.06 bits per heavy atom. The molecule has 3 heterocycles. The zero-order chi connectivity index (χ0) is 11.9. The Morgan fingerprint density at radius 2 is 2.17 bits per heavy atom. The van der Waals surface area contributed by atoms with Crippen molar-refractivity contribution in [1.29, 1.82) is 0 Å². The van der Waals surface area contributed by atoms with E-state index in [0.29, 0.717) is 12.1 Å². The summed E-state index contributed by atoms with van der Waals surface area (Å²) in [6.07, 6.45) is 3.82. The number of para-hydroxylation sites is 1. The molecule has 0 aliphatic carbocycles. The van der Waals surface area contributed by atoms with Crippen LogP contribution in [0.5, 0.6) is 0 Å². The van der Waals surface area contributed by atoms with Crippen molar-refractivity contribution in [2.45, 2.75) is 31.4 Å². The van der Waals surface area contributed by atoms with Gasteiger partial charge in [-0.15, -0.1) is 0 Å². The molecule has 1 fully saturated rings. The number of hydrogen-bond acceptors (Lipinski definition) is 2. The highest BCUT2D eigenvalue weighted by Gasteiger charge is 2.32. The number of H-pyrrole nitrogens is 1. The van der Waals surface area contributed by atoms with Crippen molar-refractivity contribution in [3.05, 3.63) is 35.5 Å². The second-order valence-corrected chi connectivity index (χ2v) is 5.30. The maximum absolute atomic E-state index is 5.86. The Morgan fingerprint density at radius 1 is 1.22 bits per heavy atom. The van der Waals surface area contributed by atoms with Gasteiger partial charge < -0.3 is 15.0 Å². The third-order valence-electron chi connectivity index (χ3n) is 4.23. The molecule has 3 heteroatoms. The fourth-order valence-corrected chi connectivity index (χ4v) is 3.39. The van der Waals surface area contributed by atoms with Gasteiger partial charge >= 0.3 is 0 Å². The summed E-state index contributed by atoms with van der Waals surface area (Å²) in [7, 11) is 0. The van der Waals surface area contributed by atoms with Crippen LogP contribution in [-0.4, -0.2) is 24.2 Å². The van der Waals surface area contributed by atoms with E-state index in [4.69, 9.17) is 4.74 Å². The van der Waals surface area contributed by atoms with Crippen LogP contribution >= 0.6 is 0 Å². The van der Waals surface area contributed by atoms with E-state index in [-0.39, 0.29) is 0 Å². The van der Waals surface area contributed by atoms with Gasteiger partial charge in [0.1, 0.15) is 0 Å². The molecular formula is C15H18N2O. The van der Waals surface area contributed by atoms with Crippen LogP contribution in [0.25, 0.3) is 10.9 Å². The number of benzene rings is 1. The summed E-state index contributed by atoms with van der Waals surface area (Å²) in [6, 6.07) is 8.96. The van der Waals surface area contributed by atoms with Gasteiger partial charge in [-0.2, -0.15) is 0 Å². The SMILES string of the molecule is c1ccc2c3c([nH]c2c1)C(C1CCCO1)NCC3. The second kappa shape index (κ2) is 4.11. The second-order valence-electron chi connectivity index (χ2n) is 5.30. The maximum Gasteiger partial charge on any atom is 0.0785 e. The minimum atomic E-state index is 0.345. The monoisotopic (exact) mass is 242 g/mol. The first kappa shape index (κ1) is 10.6. The number of aromatic nitrogens is 1. The molecule has 1 aromatic heterocycles. The normalized spacial score (nSPS) is 27.6. The van der Waals surface area contributed by atoms with Gasteiger partial charge in [0.05, 0.1) is 12.1 Å². The van der Waals surface area contributed by atoms with E-state index in [9.17, 15) is 0 Å². The van der Waals surface area contributed by atoms with E-state index in [1.807, 2.05) is 0 Å². The molecule has 1 saturated heterocycles. The van der Waals surface area contributed by atoms with E-state index >= 15 is 0 Å². The molecule has 2 aliphatic heterocycles. The number of rotatable bonds is 1. The molecule has 0 saturated carbocycles. The molecule has 2 unspecified atom stereocenters. The molecule has 2 aliphatic rings. The van der Waals surface area contributed by atoms with Crippen molar-refractivity contribution in [2.24, 2.45) is 0 Å². The molecule has 1 aromatic carbocycles. The van der Waals surface area contributed by atoms with Gasteiger partial charge in [0.15, 0.2) is 0 Å². The molecule has 0 amide bonds. The van der Waals surface area contributed by atoms with Crippen LogP contribution in [0.2, 0.25) is 0 Å². The van der Waals surface area contributed by atoms with Crippen LogP contribution in [0.4, 0.5) is 0 Å². The van der Waals surface area contributed by atoms with Crippen LogP contribution in [-0.2, 0) is 11.2 Å². The van der Waals surface area contributed by atoms with Crippen molar-refractivity contribution >= 4 is 10.9 Å². The lowest BCUT2D eigenvalue weighted by atomic mass is 9.95. The molecule has 3 nitrogen and oxygen atoms in total. The molecule has 0 bridgehead atoms. The molecule has 2 N–H and O–H groups in total. The van der Waals surface area contributed by atoms with Gasteiger partial charge in [-0.3, -0.25) is 0 Å². The summed E-state index contributed by atoms with van der Waals surface area (Å²) in [4.78, 5) is 3.60. The third kappa shape index (κ3) is 1.51. The Balaban J connectivity index is 1.83. The van der Waals surface area contributed by atoms with Crippen molar-refractivity contribution in [3.8, 4) is 0 Å². The average molecular weight is 242 g/mol. The lowest BCUT2D eigenvalue weighted by molar-refractivity contribution is 0.0752. The molecule has 94 valence electrons. The zero-order valence-corrected chi connectivity index (χ0v) is 10.4. The van der Waals surface area contributed by atoms with Gasteiger partial charge in [0.2, 0.25) is 0 Å². The predicted octanol–water partition coefficient (Wildman–Crippen LogP) is 2.53. The van der Waals surface area contributed by atoms with Crippen molar-refractivity contribution in [3.63, 3.8) is 0 Å². The van der Waals surface area contributed by atoms with Crippen molar-refractivity contribution < 1.29 is 4.74 Å². The van der Waals surface area contributed by atoms with Crippen LogP contribution in [0, 0.1) is 0 Å². The van der Waals surface area contributed by atoms with Crippen LogP contribution in [0.1, 0.15) is 30.1 Å². The fraction of sp³-hybridized carbons (Fsp3) is 0.467. The topological polar surface area (TPSA) is 37.0 Å². The molecule has 0 radical (unpaired) electrons. The van der Waals surface area contributed by atoms with Crippen LogP contribution < -0.4 is 5.32 Å². The van der Waals surface area contributed by atoms with Crippen LogP contribution in [0.3, 0.4) is 0 Å². The summed E-state index contributed by atoms with van der Waals surface area (Å²) in [5.41, 5.74) is 4.10. The van der Waals surface area contributed by atoms with Gasteiger partial charge in [-0.1, -0.05) is 18.2 Å². The van der Waals surface area contributed by atoms with Crippen LogP contribution in [0.15, 0.2) is 24.3 Å². The van der Waals surface area contributed by atoms with Crippen molar-refractivity contribution in [2.75, 3.05) is 13.2 Å². The van der Waals surface area contributed by atoms with E-state index < -0.39 is 0 Å². The standard InChI is InChI=1S/C15H18N2O/c1-2-5-12-10(4-1)11-7-8-16-15(14(11)17-12)13-6-3-9-18-13/h1-2,4-5,13,15-17H,3,6-9H2. The molecule has 18 heavy (non-hydrogen) atoms. The summed E-state index contributed by atoms with van der Waals surface area (Å²) in [6.45, 7) is 1.97. The van der Waals surface area contributed by atoms with Gasteiger partial charge in [-0.25, -0.2) is 0 Å². The molecule has 2 atom stereocenters. The number of fused-ring (bicyclic) bond motifs is 3. The minimum absolute atomic E-state index is 0.345. The summed E-state index contributed by atoms with van der Waals surface area (Å²) in [5, 5.41) is 5.01. The molecule has 4 rings (SSSR count). The molecule has 2 aromatic rings. The first-order valence-corrected chi connectivity index (χ1v) is 6.88. The van der Waals surface area contributed by atoms with E-state index in [1.165, 1.54) is 35.0 Å². The number of aromatic amines is 1. The smallest absolute Gasteiger partial charge is 0.0785 e. The lowest BCUT2D eigenvalue weighted by Crippen LogP contribution is -2.37. The zero-order valence-electron chi connectivity index (χ0n) is 10.4. The van der Waals surface area contributed by atoms with E-state index in [0.717, 1.165) is 19.6 Å². The van der Waals surface area contributed by atoms with Gasteiger partial charge in [-0.05, 0) is 37.4 Å². The number of ether oxygens (including phenoxy) is 1. The quantitative estimate of drug-likeness (QED) is 0.806. The van der Waals surface area contributed by atoms with E-state index in [2.05, 4.69) is 34.6 Å². The highest BCUT2D eigenvalue weighted by Crippen LogP contribution is 2.34. The first-order chi connectivity index (χ1) is 8.93. The molecule has 0 spiro atoms. The first-order valence-electron chi connectivity index (χ1n) is 6.88. The predicted molar refractivity (Wildman–Crippen MR) is 71.7 cm³/mol. The Labute approximate surface area is 107 Å². The van der Waals surface area contributed by atoms with Crippen molar-refractivity contribution in [1.82, 2.24) is 10.3 Å². The highest BCUT2D eigenvalue weighted by atomic mass is 16.5.